The van der Waals surface area contributed by atoms with Crippen LogP contribution in [0, 0.1) is 0 Å². The smallest absolute Gasteiger partial charge is 0.141 e. The molecule has 0 spiro atoms. The summed E-state index contributed by atoms with van der Waals surface area (Å²) in [7, 11) is 0. The molecule has 0 heterocycles. The topological polar surface area (TPSA) is 18.5 Å². The lowest BCUT2D eigenvalue weighted by Crippen LogP contribution is -2.04. The molecular formula is C16H25ClO2S. The van der Waals surface area contributed by atoms with E-state index in [0.29, 0.717) is 29.9 Å². The van der Waals surface area contributed by atoms with Crippen LogP contribution in [0.1, 0.15) is 51.5 Å². The minimum atomic E-state index is 0.372. The summed E-state index contributed by atoms with van der Waals surface area (Å²) in [5, 5.41) is 0.656. The lowest BCUT2D eigenvalue weighted by Gasteiger charge is -2.19. The van der Waals surface area contributed by atoms with Gasteiger partial charge in [-0.25, -0.2) is 0 Å². The van der Waals surface area contributed by atoms with Gasteiger partial charge >= 0.3 is 0 Å². The number of hydrogen-bond donors (Lipinski definition) is 1. The monoisotopic (exact) mass is 316 g/mol. The van der Waals surface area contributed by atoms with E-state index in [1.165, 1.54) is 0 Å². The number of thiol groups is 1. The highest BCUT2D eigenvalue weighted by atomic mass is 35.5. The van der Waals surface area contributed by atoms with Crippen LogP contribution in [-0.2, 0) is 0 Å². The van der Waals surface area contributed by atoms with Crippen molar-refractivity contribution < 1.29 is 9.47 Å². The molecule has 4 heteroatoms. The molecule has 1 rings (SSSR count). The van der Waals surface area contributed by atoms with E-state index in [-0.39, 0.29) is 0 Å². The van der Waals surface area contributed by atoms with Crippen LogP contribution in [0.5, 0.6) is 11.5 Å². The van der Waals surface area contributed by atoms with Gasteiger partial charge in [0.1, 0.15) is 11.5 Å². The first-order valence-corrected chi connectivity index (χ1v) is 8.34. The Bertz CT molecular complexity index is 410. The van der Waals surface area contributed by atoms with E-state index >= 15 is 0 Å². The van der Waals surface area contributed by atoms with Gasteiger partial charge in [0.25, 0.3) is 0 Å². The van der Waals surface area contributed by atoms with E-state index in [1.807, 2.05) is 12.1 Å². The second-order valence-electron chi connectivity index (χ2n) is 4.93. The Kier molecular flexibility index (Phi) is 8.24. The zero-order chi connectivity index (χ0) is 15.0. The fourth-order valence-corrected chi connectivity index (χ4v) is 2.56. The third-order valence-electron chi connectivity index (χ3n) is 3.08. The normalized spacial score (nSPS) is 12.2. The van der Waals surface area contributed by atoms with Crippen molar-refractivity contribution in [2.24, 2.45) is 0 Å². The second kappa shape index (κ2) is 9.41. The van der Waals surface area contributed by atoms with Crippen LogP contribution >= 0.6 is 24.2 Å². The third kappa shape index (κ3) is 5.10. The largest absolute Gasteiger partial charge is 0.493 e. The van der Waals surface area contributed by atoms with Gasteiger partial charge in [0, 0.05) is 6.07 Å². The van der Waals surface area contributed by atoms with Gasteiger partial charge in [-0.2, -0.15) is 12.6 Å². The summed E-state index contributed by atoms with van der Waals surface area (Å²) in [4.78, 5) is 0. The molecule has 0 aliphatic carbocycles. The Morgan fingerprint density at radius 1 is 1.10 bits per heavy atom. The number of ether oxygens (including phenoxy) is 2. The number of hydrogen-bond acceptors (Lipinski definition) is 3. The van der Waals surface area contributed by atoms with Crippen LogP contribution in [0.25, 0.3) is 0 Å². The van der Waals surface area contributed by atoms with Crippen LogP contribution in [0.15, 0.2) is 12.1 Å². The average molecular weight is 317 g/mol. The number of benzene rings is 1. The van der Waals surface area contributed by atoms with Crippen LogP contribution in [0.2, 0.25) is 5.02 Å². The van der Waals surface area contributed by atoms with Crippen molar-refractivity contribution in [3.63, 3.8) is 0 Å². The summed E-state index contributed by atoms with van der Waals surface area (Å²) in [6, 6.07) is 3.91. The molecule has 1 aromatic carbocycles. The fraction of sp³-hybridized carbons (Fsp3) is 0.625. The molecule has 1 aromatic rings. The molecule has 1 unspecified atom stereocenters. The molecule has 2 nitrogen and oxygen atoms in total. The van der Waals surface area contributed by atoms with Crippen LogP contribution in [0.3, 0.4) is 0 Å². The van der Waals surface area contributed by atoms with Gasteiger partial charge in [-0.3, -0.25) is 0 Å². The van der Waals surface area contributed by atoms with E-state index < -0.39 is 0 Å². The highest BCUT2D eigenvalue weighted by molar-refractivity contribution is 7.80. The summed E-state index contributed by atoms with van der Waals surface area (Å²) in [6.07, 6.45) is 2.94. The predicted octanol–water partition coefficient (Wildman–Crippen LogP) is 5.34. The van der Waals surface area contributed by atoms with Gasteiger partial charge in [-0.1, -0.05) is 32.4 Å². The SMILES string of the molecule is CCCOc1cc(OCCC)c(C(C)CCS)cc1Cl. The summed E-state index contributed by atoms with van der Waals surface area (Å²) in [6.45, 7) is 7.72. The number of halogens is 1. The van der Waals surface area contributed by atoms with E-state index in [4.69, 9.17) is 21.1 Å². The lowest BCUT2D eigenvalue weighted by molar-refractivity contribution is 0.298. The molecule has 0 N–H and O–H groups in total. The standard InChI is InChI=1S/C16H25ClO2S/c1-4-7-18-15-11-16(19-8-5-2)14(17)10-13(15)12(3)6-9-20/h10-12,20H,4-9H2,1-3H3. The zero-order valence-electron chi connectivity index (χ0n) is 12.6. The van der Waals surface area contributed by atoms with Crippen molar-refractivity contribution in [2.75, 3.05) is 19.0 Å². The van der Waals surface area contributed by atoms with Gasteiger partial charge in [0.05, 0.1) is 18.2 Å². The van der Waals surface area contributed by atoms with Crippen LogP contribution < -0.4 is 9.47 Å². The Morgan fingerprint density at radius 3 is 2.25 bits per heavy atom. The molecule has 0 aliphatic rings. The zero-order valence-corrected chi connectivity index (χ0v) is 14.3. The Labute approximate surface area is 133 Å². The number of rotatable bonds is 9. The molecule has 0 radical (unpaired) electrons. The van der Waals surface area contributed by atoms with Crippen LogP contribution in [-0.4, -0.2) is 19.0 Å². The first-order valence-electron chi connectivity index (χ1n) is 7.33. The van der Waals surface area contributed by atoms with E-state index in [1.54, 1.807) is 0 Å². The molecular weight excluding hydrogens is 292 g/mol. The Morgan fingerprint density at radius 2 is 1.70 bits per heavy atom. The molecule has 0 aromatic heterocycles. The maximum Gasteiger partial charge on any atom is 0.141 e. The lowest BCUT2D eigenvalue weighted by atomic mass is 9.97. The minimum Gasteiger partial charge on any atom is -0.493 e. The van der Waals surface area contributed by atoms with Crippen molar-refractivity contribution in [1.82, 2.24) is 0 Å². The molecule has 0 saturated carbocycles. The second-order valence-corrected chi connectivity index (χ2v) is 5.79. The van der Waals surface area contributed by atoms with E-state index in [2.05, 4.69) is 33.4 Å². The van der Waals surface area contributed by atoms with Crippen LogP contribution in [0.4, 0.5) is 0 Å². The molecule has 20 heavy (non-hydrogen) atoms. The summed E-state index contributed by atoms with van der Waals surface area (Å²) >= 11 is 10.6. The van der Waals surface area contributed by atoms with Gasteiger partial charge in [0.2, 0.25) is 0 Å². The quantitative estimate of drug-likeness (QED) is 0.620. The average Bonchev–Trinajstić information content (AvgIpc) is 2.44. The van der Waals surface area contributed by atoms with Crippen molar-refractivity contribution in [3.05, 3.63) is 22.7 Å². The third-order valence-corrected chi connectivity index (χ3v) is 3.63. The fourth-order valence-electron chi connectivity index (χ4n) is 1.94. The Balaban J connectivity index is 3.04. The Hall–Kier alpha value is -0.540. The first kappa shape index (κ1) is 17.5. The predicted molar refractivity (Wildman–Crippen MR) is 89.9 cm³/mol. The molecule has 0 saturated heterocycles. The van der Waals surface area contributed by atoms with Crippen molar-refractivity contribution in [2.45, 2.75) is 46.0 Å². The molecule has 0 amide bonds. The molecule has 0 bridgehead atoms. The summed E-state index contributed by atoms with van der Waals surface area (Å²) < 4.78 is 11.5. The summed E-state index contributed by atoms with van der Waals surface area (Å²) in [5.41, 5.74) is 1.14. The van der Waals surface area contributed by atoms with Gasteiger partial charge in [-0.05, 0) is 42.6 Å². The molecule has 114 valence electrons. The highest BCUT2D eigenvalue weighted by Crippen LogP contribution is 2.38. The highest BCUT2D eigenvalue weighted by Gasteiger charge is 2.16. The maximum atomic E-state index is 6.32. The molecule has 1 atom stereocenters. The van der Waals surface area contributed by atoms with Crippen molar-refractivity contribution >= 4 is 24.2 Å². The first-order chi connectivity index (χ1) is 9.63. The van der Waals surface area contributed by atoms with E-state index in [0.717, 1.165) is 36.3 Å². The molecule has 0 fully saturated rings. The maximum absolute atomic E-state index is 6.32. The summed E-state index contributed by atoms with van der Waals surface area (Å²) in [5.74, 6) is 2.82. The minimum absolute atomic E-state index is 0.372. The molecule has 0 aliphatic heterocycles. The van der Waals surface area contributed by atoms with Gasteiger partial charge in [-0.15, -0.1) is 0 Å². The van der Waals surface area contributed by atoms with Gasteiger partial charge in [0.15, 0.2) is 0 Å². The van der Waals surface area contributed by atoms with Crippen molar-refractivity contribution in [1.29, 1.82) is 0 Å². The van der Waals surface area contributed by atoms with Crippen molar-refractivity contribution in [3.8, 4) is 11.5 Å². The van der Waals surface area contributed by atoms with Gasteiger partial charge < -0.3 is 9.47 Å². The van der Waals surface area contributed by atoms with E-state index in [9.17, 15) is 0 Å².